The lowest BCUT2D eigenvalue weighted by Gasteiger charge is -2.07. The summed E-state index contributed by atoms with van der Waals surface area (Å²) in [5.74, 6) is 0.567. The fourth-order valence-electron chi connectivity index (χ4n) is 3.36. The van der Waals surface area contributed by atoms with Gasteiger partial charge in [-0.05, 0) is 49.4 Å². The summed E-state index contributed by atoms with van der Waals surface area (Å²) in [6.07, 6.45) is 3.43. The fourth-order valence-corrected chi connectivity index (χ4v) is 4.08. The van der Waals surface area contributed by atoms with Gasteiger partial charge in [-0.25, -0.2) is 14.6 Å². The molecule has 5 rings (SSSR count). The molecule has 152 valence electrons. The van der Waals surface area contributed by atoms with Crippen LogP contribution in [0.25, 0.3) is 27.3 Å². The standard InChI is InChI=1S/C23H18N6OS/c1-15-3-2-4-22(26-15)29-20(16-5-6-19-21(11-16)31-14-25-19)12-18(28-29)13-23(30)27-17-7-9-24-10-8-17/h2-12,14H,13H2,1H3,(H,24,27,30). The maximum absolute atomic E-state index is 12.6. The van der Waals surface area contributed by atoms with Crippen LogP contribution in [0.5, 0.6) is 0 Å². The van der Waals surface area contributed by atoms with Gasteiger partial charge in [-0.3, -0.25) is 9.78 Å². The van der Waals surface area contributed by atoms with Crippen LogP contribution in [0.1, 0.15) is 11.4 Å². The first-order valence-electron chi connectivity index (χ1n) is 9.72. The zero-order chi connectivity index (χ0) is 21.2. The van der Waals surface area contributed by atoms with Crippen LogP contribution in [0, 0.1) is 6.92 Å². The van der Waals surface area contributed by atoms with Crippen LogP contribution in [0.3, 0.4) is 0 Å². The van der Waals surface area contributed by atoms with Gasteiger partial charge in [-0.1, -0.05) is 12.1 Å². The molecular formula is C23H18N6OS. The van der Waals surface area contributed by atoms with Crippen LogP contribution in [-0.2, 0) is 11.2 Å². The molecule has 5 aromatic rings. The second-order valence-electron chi connectivity index (χ2n) is 7.07. The number of nitrogens with one attached hydrogen (secondary N) is 1. The van der Waals surface area contributed by atoms with E-state index in [9.17, 15) is 4.79 Å². The number of pyridine rings is 2. The molecule has 0 fully saturated rings. The van der Waals surface area contributed by atoms with Gasteiger partial charge in [0.2, 0.25) is 5.91 Å². The molecule has 0 aliphatic rings. The summed E-state index contributed by atoms with van der Waals surface area (Å²) >= 11 is 1.59. The smallest absolute Gasteiger partial charge is 0.230 e. The number of anilines is 1. The summed E-state index contributed by atoms with van der Waals surface area (Å²) in [5.41, 5.74) is 6.93. The largest absolute Gasteiger partial charge is 0.326 e. The highest BCUT2D eigenvalue weighted by molar-refractivity contribution is 7.16. The van der Waals surface area contributed by atoms with Crippen molar-refractivity contribution in [2.24, 2.45) is 0 Å². The molecule has 0 saturated carbocycles. The minimum absolute atomic E-state index is 0.141. The number of hydrogen-bond acceptors (Lipinski definition) is 6. The van der Waals surface area contributed by atoms with Gasteiger partial charge >= 0.3 is 0 Å². The highest BCUT2D eigenvalue weighted by Gasteiger charge is 2.16. The quantitative estimate of drug-likeness (QED) is 0.449. The molecule has 0 aliphatic heterocycles. The molecule has 4 heterocycles. The number of benzene rings is 1. The maximum Gasteiger partial charge on any atom is 0.230 e. The maximum atomic E-state index is 12.6. The Labute approximate surface area is 182 Å². The van der Waals surface area contributed by atoms with Crippen LogP contribution < -0.4 is 5.32 Å². The predicted octanol–water partition coefficient (Wildman–Crippen LogP) is 4.43. The molecule has 8 heteroatoms. The van der Waals surface area contributed by atoms with Crippen molar-refractivity contribution in [3.8, 4) is 17.1 Å². The van der Waals surface area contributed by atoms with Crippen molar-refractivity contribution in [2.45, 2.75) is 13.3 Å². The van der Waals surface area contributed by atoms with E-state index < -0.39 is 0 Å². The third kappa shape index (κ3) is 4.06. The second-order valence-corrected chi connectivity index (χ2v) is 7.95. The number of aryl methyl sites for hydroxylation is 1. The molecule has 1 amide bonds. The number of rotatable bonds is 5. The Morgan fingerprint density at radius 3 is 2.81 bits per heavy atom. The van der Waals surface area contributed by atoms with Crippen molar-refractivity contribution in [2.75, 3.05) is 5.32 Å². The molecular weight excluding hydrogens is 408 g/mol. The summed E-state index contributed by atoms with van der Waals surface area (Å²) in [7, 11) is 0. The van der Waals surface area contributed by atoms with Gasteiger partial charge in [0.05, 0.1) is 33.5 Å². The SMILES string of the molecule is Cc1cccc(-n2nc(CC(=O)Nc3ccncc3)cc2-c2ccc3ncsc3c2)n1. The molecule has 0 unspecified atom stereocenters. The number of amides is 1. The van der Waals surface area contributed by atoms with Crippen LogP contribution in [-0.4, -0.2) is 30.6 Å². The number of nitrogens with zero attached hydrogens (tertiary/aromatic N) is 5. The number of thiazole rings is 1. The van der Waals surface area contributed by atoms with Crippen molar-refractivity contribution in [1.82, 2.24) is 24.7 Å². The number of hydrogen-bond donors (Lipinski definition) is 1. The van der Waals surface area contributed by atoms with E-state index >= 15 is 0 Å². The fraction of sp³-hybridized carbons (Fsp3) is 0.0870. The van der Waals surface area contributed by atoms with E-state index in [0.717, 1.165) is 27.2 Å². The van der Waals surface area contributed by atoms with E-state index in [1.54, 1.807) is 40.5 Å². The monoisotopic (exact) mass is 426 g/mol. The van der Waals surface area contributed by atoms with Crippen molar-refractivity contribution in [1.29, 1.82) is 0 Å². The number of carbonyl (C=O) groups is 1. The van der Waals surface area contributed by atoms with Gasteiger partial charge in [0.15, 0.2) is 5.82 Å². The first-order chi connectivity index (χ1) is 15.2. The van der Waals surface area contributed by atoms with E-state index in [4.69, 9.17) is 5.10 Å². The van der Waals surface area contributed by atoms with Crippen LogP contribution >= 0.6 is 11.3 Å². The van der Waals surface area contributed by atoms with Crippen LogP contribution in [0.2, 0.25) is 0 Å². The summed E-state index contributed by atoms with van der Waals surface area (Å²) < 4.78 is 2.89. The minimum atomic E-state index is -0.141. The molecule has 7 nitrogen and oxygen atoms in total. The Morgan fingerprint density at radius 2 is 1.97 bits per heavy atom. The van der Waals surface area contributed by atoms with Gasteiger partial charge < -0.3 is 5.32 Å². The molecule has 4 aromatic heterocycles. The molecule has 1 N–H and O–H groups in total. The number of carbonyl (C=O) groups excluding carboxylic acids is 1. The topological polar surface area (TPSA) is 85.6 Å². The molecule has 0 spiro atoms. The van der Waals surface area contributed by atoms with Gasteiger partial charge in [-0.15, -0.1) is 11.3 Å². The average molecular weight is 427 g/mol. The van der Waals surface area contributed by atoms with Crippen molar-refractivity contribution in [3.63, 3.8) is 0 Å². The molecule has 0 aliphatic carbocycles. The second kappa shape index (κ2) is 8.08. The number of fused-ring (bicyclic) bond motifs is 1. The van der Waals surface area contributed by atoms with E-state index in [1.165, 1.54) is 0 Å². The normalized spacial score (nSPS) is 11.0. The molecule has 0 atom stereocenters. The molecule has 0 saturated heterocycles. The first-order valence-corrected chi connectivity index (χ1v) is 10.6. The zero-order valence-corrected chi connectivity index (χ0v) is 17.5. The third-order valence-corrected chi connectivity index (χ3v) is 5.58. The summed E-state index contributed by atoms with van der Waals surface area (Å²) in [4.78, 5) is 25.5. The third-order valence-electron chi connectivity index (χ3n) is 4.78. The van der Waals surface area contributed by atoms with Gasteiger partial charge in [0, 0.05) is 29.3 Å². The van der Waals surface area contributed by atoms with Gasteiger partial charge in [0.25, 0.3) is 0 Å². The van der Waals surface area contributed by atoms with Crippen LogP contribution in [0.15, 0.2) is 72.5 Å². The lowest BCUT2D eigenvalue weighted by molar-refractivity contribution is -0.115. The van der Waals surface area contributed by atoms with E-state index in [2.05, 4.69) is 26.3 Å². The first kappa shape index (κ1) is 19.1. The highest BCUT2D eigenvalue weighted by Crippen LogP contribution is 2.28. The highest BCUT2D eigenvalue weighted by atomic mass is 32.1. The summed E-state index contributed by atoms with van der Waals surface area (Å²) in [6, 6.07) is 17.4. The Morgan fingerprint density at radius 1 is 1.10 bits per heavy atom. The zero-order valence-electron chi connectivity index (χ0n) is 16.7. The van der Waals surface area contributed by atoms with Gasteiger partial charge in [-0.2, -0.15) is 5.10 Å². The van der Waals surface area contributed by atoms with Crippen molar-refractivity contribution >= 4 is 33.1 Å². The average Bonchev–Trinajstić information content (AvgIpc) is 3.40. The lowest BCUT2D eigenvalue weighted by atomic mass is 10.1. The molecule has 0 bridgehead atoms. The van der Waals surface area contributed by atoms with Crippen molar-refractivity contribution < 1.29 is 4.79 Å². The van der Waals surface area contributed by atoms with Gasteiger partial charge in [0.1, 0.15) is 0 Å². The molecule has 31 heavy (non-hydrogen) atoms. The predicted molar refractivity (Wildman–Crippen MR) is 121 cm³/mol. The Kier molecular flexibility index (Phi) is 4.97. The molecule has 0 radical (unpaired) electrons. The van der Waals surface area contributed by atoms with E-state index in [0.29, 0.717) is 17.2 Å². The summed E-state index contributed by atoms with van der Waals surface area (Å²) in [5, 5.41) is 7.59. The Bertz CT molecular complexity index is 1380. The van der Waals surface area contributed by atoms with E-state index in [1.807, 2.05) is 48.8 Å². The minimum Gasteiger partial charge on any atom is -0.326 e. The van der Waals surface area contributed by atoms with Crippen LogP contribution in [0.4, 0.5) is 5.69 Å². The Hall–Kier alpha value is -3.91. The number of aromatic nitrogens is 5. The van der Waals surface area contributed by atoms with Crippen molar-refractivity contribution in [3.05, 3.63) is 83.9 Å². The molecule has 1 aromatic carbocycles. The Balaban J connectivity index is 1.52. The lowest BCUT2D eigenvalue weighted by Crippen LogP contribution is -2.15. The van der Waals surface area contributed by atoms with E-state index in [-0.39, 0.29) is 12.3 Å². The summed E-state index contributed by atoms with van der Waals surface area (Å²) in [6.45, 7) is 1.94.